The molecule has 0 bridgehead atoms. The van der Waals surface area contributed by atoms with Gasteiger partial charge in [0.2, 0.25) is 0 Å². The molecule has 0 fully saturated rings. The van der Waals surface area contributed by atoms with Gasteiger partial charge in [0.25, 0.3) is 0 Å². The zero-order valence-electron chi connectivity index (χ0n) is 10.5. The van der Waals surface area contributed by atoms with Gasteiger partial charge in [0.05, 0.1) is 0 Å². The molecule has 2 amide bonds. The van der Waals surface area contributed by atoms with E-state index in [1.807, 2.05) is 27.7 Å². The van der Waals surface area contributed by atoms with Crippen molar-refractivity contribution >= 4 is 12.0 Å². The third-order valence-electron chi connectivity index (χ3n) is 2.44. The van der Waals surface area contributed by atoms with Gasteiger partial charge in [-0.1, -0.05) is 13.8 Å². The van der Waals surface area contributed by atoms with Crippen molar-refractivity contribution in [3.8, 4) is 0 Å². The summed E-state index contributed by atoms with van der Waals surface area (Å²) in [5.74, 6) is -0.988. The second-order valence-corrected chi connectivity index (χ2v) is 4.48. The summed E-state index contributed by atoms with van der Waals surface area (Å²) in [5.41, 5.74) is -0.304. The van der Waals surface area contributed by atoms with Crippen LogP contribution in [0.2, 0.25) is 0 Å². The maximum Gasteiger partial charge on any atom is 0.323 e. The second-order valence-electron chi connectivity index (χ2n) is 4.48. The van der Waals surface area contributed by atoms with Gasteiger partial charge in [0.1, 0.15) is 6.54 Å². The monoisotopic (exact) mass is 230 g/mol. The topological polar surface area (TPSA) is 69.6 Å². The predicted molar refractivity (Wildman–Crippen MR) is 62.4 cm³/mol. The van der Waals surface area contributed by atoms with Gasteiger partial charge in [-0.25, -0.2) is 4.79 Å². The summed E-state index contributed by atoms with van der Waals surface area (Å²) in [5, 5.41) is 11.5. The molecule has 0 saturated heterocycles. The predicted octanol–water partition coefficient (Wildman–Crippen LogP) is 1.68. The fourth-order valence-corrected chi connectivity index (χ4v) is 1.14. The summed E-state index contributed by atoms with van der Waals surface area (Å²) in [6.07, 6.45) is 1.54. The number of hydrogen-bond donors (Lipinski definition) is 2. The van der Waals surface area contributed by atoms with E-state index < -0.39 is 5.97 Å². The number of nitrogens with one attached hydrogen (secondary N) is 1. The number of amides is 2. The van der Waals surface area contributed by atoms with Gasteiger partial charge in [-0.2, -0.15) is 0 Å². The minimum absolute atomic E-state index is 0.251. The van der Waals surface area contributed by atoms with Crippen LogP contribution >= 0.6 is 0 Å². The minimum Gasteiger partial charge on any atom is -0.480 e. The first kappa shape index (κ1) is 14.7. The van der Waals surface area contributed by atoms with E-state index >= 15 is 0 Å². The maximum atomic E-state index is 11.8. The maximum absolute atomic E-state index is 11.8. The molecule has 16 heavy (non-hydrogen) atoms. The molecule has 0 radical (unpaired) electrons. The van der Waals surface area contributed by atoms with Crippen LogP contribution in [-0.2, 0) is 4.79 Å². The Labute approximate surface area is 96.8 Å². The second kappa shape index (κ2) is 6.35. The van der Waals surface area contributed by atoms with Crippen LogP contribution < -0.4 is 5.32 Å². The van der Waals surface area contributed by atoms with Crippen molar-refractivity contribution in [1.82, 2.24) is 10.2 Å². The van der Waals surface area contributed by atoms with Crippen molar-refractivity contribution in [3.05, 3.63) is 0 Å². The van der Waals surface area contributed by atoms with Gasteiger partial charge in [-0.3, -0.25) is 4.79 Å². The Balaban J connectivity index is 4.43. The van der Waals surface area contributed by atoms with Crippen LogP contribution in [0, 0.1) is 0 Å². The molecule has 0 aromatic rings. The minimum atomic E-state index is -0.988. The number of carbonyl (C=O) groups excluding carboxylic acids is 1. The summed E-state index contributed by atoms with van der Waals surface area (Å²) in [6.45, 7) is 7.91. The molecule has 5 heteroatoms. The molecule has 0 unspecified atom stereocenters. The number of carbonyl (C=O) groups is 2. The van der Waals surface area contributed by atoms with Crippen LogP contribution in [0.1, 0.15) is 40.5 Å². The third-order valence-corrected chi connectivity index (χ3v) is 2.44. The fourth-order valence-electron chi connectivity index (χ4n) is 1.14. The molecule has 0 aromatic carbocycles. The number of urea groups is 1. The van der Waals surface area contributed by atoms with Gasteiger partial charge in [-0.05, 0) is 26.7 Å². The molecule has 0 saturated carbocycles. The lowest BCUT2D eigenvalue weighted by molar-refractivity contribution is -0.137. The summed E-state index contributed by atoms with van der Waals surface area (Å²) in [6, 6.07) is -0.309. The van der Waals surface area contributed by atoms with E-state index in [2.05, 4.69) is 5.32 Å². The van der Waals surface area contributed by atoms with Gasteiger partial charge >= 0.3 is 12.0 Å². The average molecular weight is 230 g/mol. The van der Waals surface area contributed by atoms with Gasteiger partial charge < -0.3 is 15.3 Å². The zero-order valence-corrected chi connectivity index (χ0v) is 10.5. The largest absolute Gasteiger partial charge is 0.480 e. The average Bonchev–Trinajstić information content (AvgIpc) is 2.16. The summed E-state index contributed by atoms with van der Waals surface area (Å²) in [7, 11) is 0. The lowest BCUT2D eigenvalue weighted by atomic mass is 10.0. The summed E-state index contributed by atoms with van der Waals surface area (Å²) >= 11 is 0. The molecule has 0 aliphatic carbocycles. The fraction of sp³-hybridized carbons (Fsp3) is 0.818. The molecular formula is C11H22N2O3. The molecule has 0 rings (SSSR count). The Kier molecular flexibility index (Phi) is 5.85. The van der Waals surface area contributed by atoms with Gasteiger partial charge in [0.15, 0.2) is 0 Å². The Bertz CT molecular complexity index is 252. The van der Waals surface area contributed by atoms with Crippen LogP contribution in [-0.4, -0.2) is 40.6 Å². The molecule has 0 heterocycles. The van der Waals surface area contributed by atoms with E-state index in [-0.39, 0.29) is 18.1 Å². The first-order valence-corrected chi connectivity index (χ1v) is 5.61. The van der Waals surface area contributed by atoms with Crippen molar-refractivity contribution in [1.29, 1.82) is 0 Å². The molecule has 0 aromatic heterocycles. The highest BCUT2D eigenvalue weighted by Crippen LogP contribution is 2.08. The van der Waals surface area contributed by atoms with Gasteiger partial charge in [0, 0.05) is 12.1 Å². The van der Waals surface area contributed by atoms with E-state index in [1.54, 1.807) is 0 Å². The van der Waals surface area contributed by atoms with Crippen molar-refractivity contribution in [2.75, 3.05) is 13.1 Å². The molecular weight excluding hydrogens is 208 g/mol. The first-order valence-electron chi connectivity index (χ1n) is 5.61. The molecule has 2 N–H and O–H groups in total. The van der Waals surface area contributed by atoms with Crippen LogP contribution in [0.25, 0.3) is 0 Å². The van der Waals surface area contributed by atoms with Crippen molar-refractivity contribution in [3.63, 3.8) is 0 Å². The highest BCUT2D eigenvalue weighted by Gasteiger charge is 2.22. The Morgan fingerprint density at radius 1 is 1.31 bits per heavy atom. The van der Waals surface area contributed by atoms with Crippen LogP contribution in [0.15, 0.2) is 0 Å². The lowest BCUT2D eigenvalue weighted by Crippen LogP contribution is -2.51. The van der Waals surface area contributed by atoms with Crippen molar-refractivity contribution < 1.29 is 14.7 Å². The molecule has 5 nitrogen and oxygen atoms in total. The Morgan fingerprint density at radius 3 is 2.25 bits per heavy atom. The van der Waals surface area contributed by atoms with E-state index in [9.17, 15) is 9.59 Å². The van der Waals surface area contributed by atoms with Crippen molar-refractivity contribution in [2.24, 2.45) is 0 Å². The SMILES string of the molecule is CCCN(CC(=O)O)C(=O)NC(C)(C)CC. The number of carboxylic acid groups (broad SMARTS) is 1. The smallest absolute Gasteiger partial charge is 0.323 e. The van der Waals surface area contributed by atoms with E-state index in [0.717, 1.165) is 12.8 Å². The lowest BCUT2D eigenvalue weighted by Gasteiger charge is -2.29. The molecule has 94 valence electrons. The van der Waals surface area contributed by atoms with E-state index in [1.165, 1.54) is 4.90 Å². The van der Waals surface area contributed by atoms with E-state index in [4.69, 9.17) is 5.11 Å². The quantitative estimate of drug-likeness (QED) is 0.729. The Hall–Kier alpha value is -1.26. The van der Waals surface area contributed by atoms with Crippen LogP contribution in [0.3, 0.4) is 0 Å². The zero-order chi connectivity index (χ0) is 12.8. The first-order chi connectivity index (χ1) is 7.32. The molecule has 0 spiro atoms. The summed E-state index contributed by atoms with van der Waals surface area (Å²) in [4.78, 5) is 23.7. The molecule has 0 atom stereocenters. The standard InChI is InChI=1S/C11H22N2O3/c1-5-7-13(8-9(14)15)10(16)12-11(3,4)6-2/h5-8H2,1-4H3,(H,12,16)(H,14,15). The third kappa shape index (κ3) is 5.58. The van der Waals surface area contributed by atoms with Crippen LogP contribution in [0.5, 0.6) is 0 Å². The normalized spacial score (nSPS) is 11.0. The number of nitrogens with zero attached hydrogens (tertiary/aromatic N) is 1. The molecule has 0 aliphatic heterocycles. The van der Waals surface area contributed by atoms with Crippen molar-refractivity contribution in [2.45, 2.75) is 46.1 Å². The highest BCUT2D eigenvalue weighted by molar-refractivity contribution is 5.80. The number of rotatable bonds is 6. The van der Waals surface area contributed by atoms with E-state index in [0.29, 0.717) is 6.54 Å². The number of carboxylic acids is 1. The van der Waals surface area contributed by atoms with Gasteiger partial charge in [-0.15, -0.1) is 0 Å². The highest BCUT2D eigenvalue weighted by atomic mass is 16.4. The Morgan fingerprint density at radius 2 is 1.88 bits per heavy atom. The molecule has 0 aliphatic rings. The van der Waals surface area contributed by atoms with Crippen LogP contribution in [0.4, 0.5) is 4.79 Å². The summed E-state index contributed by atoms with van der Waals surface area (Å²) < 4.78 is 0. The number of hydrogen-bond acceptors (Lipinski definition) is 2. The number of aliphatic carboxylic acids is 1.